The quantitative estimate of drug-likeness (QED) is 0.524. The van der Waals surface area contributed by atoms with E-state index >= 15 is 0 Å². The van der Waals surface area contributed by atoms with E-state index in [0.29, 0.717) is 17.7 Å². The van der Waals surface area contributed by atoms with Gasteiger partial charge in [0.25, 0.3) is 5.91 Å². The predicted octanol–water partition coefficient (Wildman–Crippen LogP) is 4.16. The van der Waals surface area contributed by atoms with Gasteiger partial charge in [0.05, 0.1) is 0 Å². The molecule has 3 aromatic rings. The van der Waals surface area contributed by atoms with E-state index in [0.717, 1.165) is 48.8 Å². The van der Waals surface area contributed by atoms with Gasteiger partial charge >= 0.3 is 0 Å². The van der Waals surface area contributed by atoms with Crippen molar-refractivity contribution in [3.8, 4) is 11.4 Å². The van der Waals surface area contributed by atoms with E-state index in [2.05, 4.69) is 25.4 Å². The molecular weight excluding hydrogens is 434 g/mol. The van der Waals surface area contributed by atoms with Crippen LogP contribution in [0.5, 0.6) is 0 Å². The van der Waals surface area contributed by atoms with E-state index in [1.165, 1.54) is 6.42 Å². The topological polar surface area (TPSA) is 88.9 Å². The average Bonchev–Trinajstić information content (AvgIpc) is 3.10. The number of fused-ring (bicyclic) bond motifs is 1. The summed E-state index contributed by atoms with van der Waals surface area (Å²) in [5.74, 6) is 2.14. The molecule has 172 valence electrons. The zero-order chi connectivity index (χ0) is 23.0. The first-order valence-corrected chi connectivity index (χ1v) is 12.7. The summed E-state index contributed by atoms with van der Waals surface area (Å²) in [4.78, 5) is 25.7. The highest BCUT2D eigenvalue weighted by atomic mass is 32.2. The van der Waals surface area contributed by atoms with E-state index in [4.69, 9.17) is 0 Å². The summed E-state index contributed by atoms with van der Waals surface area (Å²) in [6, 6.07) is 16.0. The van der Waals surface area contributed by atoms with Crippen LogP contribution in [0.4, 0.5) is 5.69 Å². The number of benzene rings is 2. The van der Waals surface area contributed by atoms with Crippen molar-refractivity contribution in [1.29, 1.82) is 0 Å². The van der Waals surface area contributed by atoms with Gasteiger partial charge in [-0.25, -0.2) is 0 Å². The Bertz CT molecular complexity index is 1100. The molecule has 33 heavy (non-hydrogen) atoms. The van der Waals surface area contributed by atoms with Gasteiger partial charge in [-0.2, -0.15) is 11.8 Å². The van der Waals surface area contributed by atoms with Crippen LogP contribution < -0.4 is 10.6 Å². The molecule has 1 aliphatic rings. The molecular formula is C25H29N5O2S. The summed E-state index contributed by atoms with van der Waals surface area (Å²) in [5.41, 5.74) is 2.13. The number of anilines is 1. The highest BCUT2D eigenvalue weighted by Crippen LogP contribution is 2.25. The van der Waals surface area contributed by atoms with Gasteiger partial charge in [-0.15, -0.1) is 10.2 Å². The molecule has 1 aliphatic heterocycles. The fourth-order valence-electron chi connectivity index (χ4n) is 4.00. The van der Waals surface area contributed by atoms with Crippen molar-refractivity contribution in [3.05, 3.63) is 66.0 Å². The Balaban J connectivity index is 1.49. The molecule has 0 saturated heterocycles. The highest BCUT2D eigenvalue weighted by Gasteiger charge is 2.22. The fraction of sp³-hybridized carbons (Fsp3) is 0.360. The minimum atomic E-state index is -0.627. The molecule has 7 nitrogen and oxygen atoms in total. The lowest BCUT2D eigenvalue weighted by atomic mass is 10.1. The zero-order valence-corrected chi connectivity index (χ0v) is 19.6. The first-order chi connectivity index (χ1) is 16.2. The summed E-state index contributed by atoms with van der Waals surface area (Å²) in [6.07, 6.45) is 6.93. The van der Waals surface area contributed by atoms with Gasteiger partial charge in [0.1, 0.15) is 11.9 Å². The smallest absolute Gasteiger partial charge is 0.251 e. The molecule has 4 rings (SSSR count). The lowest BCUT2D eigenvalue weighted by molar-refractivity contribution is -0.118. The summed E-state index contributed by atoms with van der Waals surface area (Å²) in [6.45, 7) is 0.913. The maximum atomic E-state index is 13.1. The van der Waals surface area contributed by atoms with Crippen molar-refractivity contribution in [1.82, 2.24) is 20.1 Å². The highest BCUT2D eigenvalue weighted by molar-refractivity contribution is 7.98. The Morgan fingerprint density at radius 1 is 1.06 bits per heavy atom. The number of rotatable bonds is 8. The summed E-state index contributed by atoms with van der Waals surface area (Å²) >= 11 is 1.64. The van der Waals surface area contributed by atoms with Gasteiger partial charge < -0.3 is 15.2 Å². The Kier molecular flexibility index (Phi) is 7.78. The van der Waals surface area contributed by atoms with Crippen LogP contribution in [0.15, 0.2) is 54.6 Å². The third-order valence-electron chi connectivity index (χ3n) is 5.77. The number of carbonyl (C=O) groups excluding carboxylic acids is 2. The van der Waals surface area contributed by atoms with Crippen LogP contribution in [0, 0.1) is 0 Å². The molecule has 8 heteroatoms. The van der Waals surface area contributed by atoms with Gasteiger partial charge in [0.15, 0.2) is 5.82 Å². The molecule has 0 bridgehead atoms. The third kappa shape index (κ3) is 5.82. The molecule has 2 N–H and O–H groups in total. The Labute approximate surface area is 198 Å². The second-order valence-corrected chi connectivity index (χ2v) is 9.13. The predicted molar refractivity (Wildman–Crippen MR) is 132 cm³/mol. The normalized spacial score (nSPS) is 14.1. The van der Waals surface area contributed by atoms with Crippen molar-refractivity contribution >= 4 is 29.3 Å². The van der Waals surface area contributed by atoms with Crippen LogP contribution in [0.1, 0.15) is 41.9 Å². The van der Waals surface area contributed by atoms with Gasteiger partial charge in [0.2, 0.25) is 5.91 Å². The number of aromatic nitrogens is 3. The Morgan fingerprint density at radius 2 is 1.91 bits per heavy atom. The number of thioether (sulfide) groups is 1. The van der Waals surface area contributed by atoms with Gasteiger partial charge in [-0.05, 0) is 55.5 Å². The lowest BCUT2D eigenvalue weighted by Crippen LogP contribution is -2.44. The van der Waals surface area contributed by atoms with Gasteiger partial charge in [-0.1, -0.05) is 36.8 Å². The average molecular weight is 464 g/mol. The van der Waals surface area contributed by atoms with E-state index < -0.39 is 6.04 Å². The molecule has 0 saturated carbocycles. The molecule has 0 fully saturated rings. The van der Waals surface area contributed by atoms with Crippen LogP contribution in [-0.2, 0) is 17.8 Å². The summed E-state index contributed by atoms with van der Waals surface area (Å²) in [7, 11) is 0. The van der Waals surface area contributed by atoms with Crippen LogP contribution in [0.3, 0.4) is 0 Å². The zero-order valence-electron chi connectivity index (χ0n) is 18.8. The number of nitrogens with one attached hydrogen (secondary N) is 2. The molecule has 2 heterocycles. The number of hydrogen-bond donors (Lipinski definition) is 2. The van der Waals surface area contributed by atoms with E-state index in [1.807, 2.05) is 48.7 Å². The third-order valence-corrected chi connectivity index (χ3v) is 6.41. The molecule has 2 amide bonds. The van der Waals surface area contributed by atoms with Crippen LogP contribution in [0.25, 0.3) is 11.4 Å². The van der Waals surface area contributed by atoms with Crippen LogP contribution >= 0.6 is 11.8 Å². The van der Waals surface area contributed by atoms with Crippen molar-refractivity contribution in [2.75, 3.05) is 17.3 Å². The van der Waals surface area contributed by atoms with Crippen LogP contribution in [0.2, 0.25) is 0 Å². The number of hydrogen-bond acceptors (Lipinski definition) is 5. The Hall–Kier alpha value is -3.13. The first-order valence-electron chi connectivity index (χ1n) is 11.3. The maximum absolute atomic E-state index is 13.1. The van der Waals surface area contributed by atoms with Gasteiger partial charge in [0, 0.05) is 29.8 Å². The minimum absolute atomic E-state index is 0.231. The minimum Gasteiger partial charge on any atom is -0.340 e. The second kappa shape index (κ2) is 11.1. The number of nitrogens with zero attached hydrogens (tertiary/aromatic N) is 3. The second-order valence-electron chi connectivity index (χ2n) is 8.15. The molecule has 1 aromatic heterocycles. The maximum Gasteiger partial charge on any atom is 0.251 e. The van der Waals surface area contributed by atoms with E-state index in [9.17, 15) is 9.59 Å². The fourth-order valence-corrected chi connectivity index (χ4v) is 4.47. The van der Waals surface area contributed by atoms with Crippen molar-refractivity contribution in [3.63, 3.8) is 0 Å². The number of carbonyl (C=O) groups is 2. The van der Waals surface area contributed by atoms with E-state index in [-0.39, 0.29) is 11.8 Å². The number of amides is 2. The van der Waals surface area contributed by atoms with E-state index in [1.54, 1.807) is 23.9 Å². The van der Waals surface area contributed by atoms with Crippen molar-refractivity contribution in [2.24, 2.45) is 0 Å². The molecule has 0 aliphatic carbocycles. The standard InChI is InChI=1S/C25H29N5O2S/c1-33-16-14-21(27-24(31)18-9-4-2-5-10-18)25(32)26-20-12-8-11-19(17-20)23-29-28-22-13-6-3-7-15-30(22)23/h2,4-5,8-12,17,21H,3,6-7,13-16H2,1H3,(H,26,32)(H,27,31)/t21-/m1/s1. The van der Waals surface area contributed by atoms with Crippen molar-refractivity contribution in [2.45, 2.75) is 44.7 Å². The first kappa shape index (κ1) is 23.0. The molecule has 2 aromatic carbocycles. The monoisotopic (exact) mass is 463 g/mol. The van der Waals surface area contributed by atoms with Gasteiger partial charge in [-0.3, -0.25) is 9.59 Å². The van der Waals surface area contributed by atoms with Crippen LogP contribution in [-0.4, -0.2) is 44.6 Å². The SMILES string of the molecule is CSCC[C@@H](NC(=O)c1ccccc1)C(=O)Nc1cccc(-c2nnc3n2CCCCC3)c1. The van der Waals surface area contributed by atoms with Crippen molar-refractivity contribution < 1.29 is 9.59 Å². The summed E-state index contributed by atoms with van der Waals surface area (Å²) in [5, 5.41) is 14.7. The largest absolute Gasteiger partial charge is 0.340 e. The molecule has 0 unspecified atom stereocenters. The summed E-state index contributed by atoms with van der Waals surface area (Å²) < 4.78 is 2.19. The number of aryl methyl sites for hydroxylation is 1. The molecule has 1 atom stereocenters. The Morgan fingerprint density at radius 3 is 2.73 bits per heavy atom. The lowest BCUT2D eigenvalue weighted by Gasteiger charge is -2.18. The molecule has 0 radical (unpaired) electrons. The molecule has 0 spiro atoms.